The first-order valence-electron chi connectivity index (χ1n) is 7.96. The number of rotatable bonds is 5. The number of likely N-dealkylation sites (N-methyl/N-ethyl adjacent to an activating group) is 1. The minimum absolute atomic E-state index is 0.545. The van der Waals surface area contributed by atoms with E-state index in [-0.39, 0.29) is 0 Å². The van der Waals surface area contributed by atoms with Gasteiger partial charge in [0, 0.05) is 13.1 Å². The molecule has 112 valence electrons. The molecule has 0 aliphatic carbocycles. The number of nitrogens with zero attached hydrogens (tertiary/aromatic N) is 1. The number of hydrogen-bond acceptors (Lipinski definition) is 2. The van der Waals surface area contributed by atoms with Gasteiger partial charge in [-0.1, -0.05) is 45.0 Å². The van der Waals surface area contributed by atoms with Crippen molar-refractivity contribution in [2.24, 2.45) is 5.41 Å². The van der Waals surface area contributed by atoms with Crippen molar-refractivity contribution in [3.05, 3.63) is 35.4 Å². The van der Waals surface area contributed by atoms with E-state index in [1.807, 2.05) is 7.05 Å². The summed E-state index contributed by atoms with van der Waals surface area (Å²) in [6.45, 7) is 11.7. The van der Waals surface area contributed by atoms with Crippen molar-refractivity contribution in [1.82, 2.24) is 10.2 Å². The van der Waals surface area contributed by atoms with Gasteiger partial charge in [0.15, 0.2) is 0 Å². The second kappa shape index (κ2) is 6.73. The minimum atomic E-state index is 0.545. The van der Waals surface area contributed by atoms with Crippen LogP contribution in [-0.2, 0) is 6.54 Å². The van der Waals surface area contributed by atoms with E-state index in [4.69, 9.17) is 0 Å². The first kappa shape index (κ1) is 15.5. The lowest BCUT2D eigenvalue weighted by atomic mass is 9.82. The van der Waals surface area contributed by atoms with Gasteiger partial charge in [-0.15, -0.1) is 0 Å². The standard InChI is InChI=1S/C18H30N2/c1-15(13-19-4)17-7-5-16(6-8-17)14-20-11-9-18(2,3)10-12-20/h5-8,15,19H,9-14H2,1-4H3. The molecule has 1 fully saturated rings. The highest BCUT2D eigenvalue weighted by Gasteiger charge is 2.25. The maximum atomic E-state index is 3.25. The smallest absolute Gasteiger partial charge is 0.0233 e. The van der Waals surface area contributed by atoms with E-state index >= 15 is 0 Å². The Morgan fingerprint density at radius 2 is 1.75 bits per heavy atom. The van der Waals surface area contributed by atoms with Gasteiger partial charge < -0.3 is 5.32 Å². The number of piperidine rings is 1. The van der Waals surface area contributed by atoms with Crippen LogP contribution in [0.1, 0.15) is 50.7 Å². The molecule has 1 aromatic carbocycles. The van der Waals surface area contributed by atoms with Crippen LogP contribution in [0.15, 0.2) is 24.3 Å². The second-order valence-electron chi connectivity index (χ2n) is 7.14. The molecule has 0 bridgehead atoms. The first-order valence-corrected chi connectivity index (χ1v) is 7.96. The van der Waals surface area contributed by atoms with E-state index in [1.165, 1.54) is 37.1 Å². The van der Waals surface area contributed by atoms with E-state index in [0.29, 0.717) is 11.3 Å². The molecule has 0 saturated carbocycles. The number of likely N-dealkylation sites (tertiary alicyclic amines) is 1. The molecule has 1 heterocycles. The van der Waals surface area contributed by atoms with Crippen LogP contribution in [0.5, 0.6) is 0 Å². The fourth-order valence-corrected chi connectivity index (χ4v) is 2.95. The Hall–Kier alpha value is -0.860. The predicted molar refractivity (Wildman–Crippen MR) is 87.1 cm³/mol. The Balaban J connectivity index is 1.88. The van der Waals surface area contributed by atoms with Crippen molar-refractivity contribution in [2.45, 2.75) is 46.1 Å². The van der Waals surface area contributed by atoms with Gasteiger partial charge in [-0.25, -0.2) is 0 Å². The summed E-state index contributed by atoms with van der Waals surface area (Å²) in [5.74, 6) is 0.588. The van der Waals surface area contributed by atoms with Gasteiger partial charge in [0.1, 0.15) is 0 Å². The maximum absolute atomic E-state index is 3.25. The van der Waals surface area contributed by atoms with Crippen LogP contribution in [0, 0.1) is 5.41 Å². The van der Waals surface area contributed by atoms with Crippen molar-refractivity contribution >= 4 is 0 Å². The summed E-state index contributed by atoms with van der Waals surface area (Å²) in [6, 6.07) is 9.21. The van der Waals surface area contributed by atoms with Gasteiger partial charge in [-0.05, 0) is 55.4 Å². The van der Waals surface area contributed by atoms with Crippen molar-refractivity contribution in [3.63, 3.8) is 0 Å². The average molecular weight is 274 g/mol. The molecule has 1 aliphatic rings. The highest BCUT2D eigenvalue weighted by molar-refractivity contribution is 5.25. The largest absolute Gasteiger partial charge is 0.319 e. The molecule has 0 radical (unpaired) electrons. The lowest BCUT2D eigenvalue weighted by Crippen LogP contribution is -2.36. The van der Waals surface area contributed by atoms with Crippen LogP contribution in [0.3, 0.4) is 0 Å². The van der Waals surface area contributed by atoms with E-state index in [9.17, 15) is 0 Å². The zero-order chi connectivity index (χ0) is 14.6. The third kappa shape index (κ3) is 4.32. The third-order valence-electron chi connectivity index (χ3n) is 4.67. The zero-order valence-corrected chi connectivity index (χ0v) is 13.6. The van der Waals surface area contributed by atoms with Crippen LogP contribution in [0.2, 0.25) is 0 Å². The highest BCUT2D eigenvalue weighted by Crippen LogP contribution is 2.30. The summed E-state index contributed by atoms with van der Waals surface area (Å²) in [4.78, 5) is 2.59. The summed E-state index contributed by atoms with van der Waals surface area (Å²) in [5, 5.41) is 3.25. The Bertz CT molecular complexity index is 398. The molecule has 1 atom stereocenters. The Kier molecular flexibility index (Phi) is 5.22. The average Bonchev–Trinajstić information content (AvgIpc) is 2.42. The van der Waals surface area contributed by atoms with Crippen molar-refractivity contribution in [3.8, 4) is 0 Å². The molecular weight excluding hydrogens is 244 g/mol. The van der Waals surface area contributed by atoms with Gasteiger partial charge in [-0.2, -0.15) is 0 Å². The monoisotopic (exact) mass is 274 g/mol. The van der Waals surface area contributed by atoms with Gasteiger partial charge in [0.05, 0.1) is 0 Å². The summed E-state index contributed by atoms with van der Waals surface area (Å²) in [6.07, 6.45) is 2.65. The number of nitrogens with one attached hydrogen (secondary N) is 1. The minimum Gasteiger partial charge on any atom is -0.319 e. The van der Waals surface area contributed by atoms with Crippen LogP contribution in [0.25, 0.3) is 0 Å². The quantitative estimate of drug-likeness (QED) is 0.882. The van der Waals surface area contributed by atoms with E-state index in [2.05, 4.69) is 55.3 Å². The lowest BCUT2D eigenvalue weighted by Gasteiger charge is -2.36. The summed E-state index contributed by atoms with van der Waals surface area (Å²) >= 11 is 0. The van der Waals surface area contributed by atoms with Gasteiger partial charge >= 0.3 is 0 Å². The summed E-state index contributed by atoms with van der Waals surface area (Å²) in [5.41, 5.74) is 3.43. The molecule has 20 heavy (non-hydrogen) atoms. The van der Waals surface area contributed by atoms with E-state index in [0.717, 1.165) is 13.1 Å². The molecule has 0 amide bonds. The van der Waals surface area contributed by atoms with E-state index in [1.54, 1.807) is 0 Å². The van der Waals surface area contributed by atoms with Gasteiger partial charge in [-0.3, -0.25) is 4.90 Å². The summed E-state index contributed by atoms with van der Waals surface area (Å²) < 4.78 is 0. The molecule has 2 rings (SSSR count). The molecule has 1 unspecified atom stereocenters. The topological polar surface area (TPSA) is 15.3 Å². The maximum Gasteiger partial charge on any atom is 0.0233 e. The fourth-order valence-electron chi connectivity index (χ4n) is 2.95. The molecule has 1 aliphatic heterocycles. The third-order valence-corrected chi connectivity index (χ3v) is 4.67. The second-order valence-corrected chi connectivity index (χ2v) is 7.14. The Labute approximate surface area is 124 Å². The van der Waals surface area contributed by atoms with Crippen LogP contribution in [-0.4, -0.2) is 31.6 Å². The van der Waals surface area contributed by atoms with Crippen molar-refractivity contribution < 1.29 is 0 Å². The number of benzene rings is 1. The number of hydrogen-bond donors (Lipinski definition) is 1. The zero-order valence-electron chi connectivity index (χ0n) is 13.6. The van der Waals surface area contributed by atoms with E-state index < -0.39 is 0 Å². The predicted octanol–water partition coefficient (Wildman–Crippen LogP) is 3.63. The Morgan fingerprint density at radius 3 is 2.30 bits per heavy atom. The molecule has 0 aromatic heterocycles. The molecular formula is C18H30N2. The van der Waals surface area contributed by atoms with Crippen LogP contribution in [0.4, 0.5) is 0 Å². The first-order chi connectivity index (χ1) is 9.50. The molecule has 0 spiro atoms. The SMILES string of the molecule is CNCC(C)c1ccc(CN2CCC(C)(C)CC2)cc1. The molecule has 1 saturated heterocycles. The lowest BCUT2D eigenvalue weighted by molar-refractivity contribution is 0.127. The van der Waals surface area contributed by atoms with Crippen LogP contribution < -0.4 is 5.32 Å². The van der Waals surface area contributed by atoms with Gasteiger partial charge in [0.25, 0.3) is 0 Å². The molecule has 1 N–H and O–H groups in total. The normalized spacial score (nSPS) is 20.8. The fraction of sp³-hybridized carbons (Fsp3) is 0.667. The van der Waals surface area contributed by atoms with Crippen LogP contribution >= 0.6 is 0 Å². The molecule has 2 heteroatoms. The molecule has 1 aromatic rings. The van der Waals surface area contributed by atoms with Gasteiger partial charge in [0.2, 0.25) is 0 Å². The summed E-state index contributed by atoms with van der Waals surface area (Å²) in [7, 11) is 2.02. The van der Waals surface area contributed by atoms with Crippen molar-refractivity contribution in [1.29, 1.82) is 0 Å². The molecule has 2 nitrogen and oxygen atoms in total. The highest BCUT2D eigenvalue weighted by atomic mass is 15.1. The Morgan fingerprint density at radius 1 is 1.15 bits per heavy atom. The van der Waals surface area contributed by atoms with Crippen molar-refractivity contribution in [2.75, 3.05) is 26.7 Å².